The van der Waals surface area contributed by atoms with E-state index in [0.717, 1.165) is 28.7 Å². The van der Waals surface area contributed by atoms with E-state index in [4.69, 9.17) is 0 Å². The van der Waals surface area contributed by atoms with Crippen LogP contribution in [0.4, 0.5) is 0 Å². The molecule has 0 aromatic heterocycles. The van der Waals surface area contributed by atoms with Gasteiger partial charge < -0.3 is 29.9 Å². The third-order valence-corrected chi connectivity index (χ3v) is 4.06. The summed E-state index contributed by atoms with van der Waals surface area (Å²) in [6, 6.07) is 25.7. The van der Waals surface area contributed by atoms with Crippen molar-refractivity contribution in [1.82, 2.24) is 0 Å². The number of benzene rings is 3. The molecule has 4 heteroatoms. The summed E-state index contributed by atoms with van der Waals surface area (Å²) < 4.78 is 1.42. The van der Waals surface area contributed by atoms with E-state index in [9.17, 15) is 5.11 Å². The second-order valence-electron chi connectivity index (χ2n) is 6.90. The Morgan fingerprint density at radius 1 is 0.806 bits per heavy atom. The van der Waals surface area contributed by atoms with Crippen LogP contribution in [0.1, 0.15) is 27.2 Å². The molecule has 0 saturated heterocycles. The first kappa shape index (κ1) is 29.1. The quantitative estimate of drug-likeness (QED) is 0.427. The Labute approximate surface area is 210 Å². The Hall–Kier alpha value is -1.90. The predicted molar refractivity (Wildman–Crippen MR) is 122 cm³/mol. The van der Waals surface area contributed by atoms with E-state index in [1.807, 2.05) is 60.7 Å². The number of hydrogen-bond donors (Lipinski definition) is 1. The Balaban J connectivity index is 0.000000630. The van der Waals surface area contributed by atoms with E-state index in [1.165, 1.54) is 9.38 Å². The maximum absolute atomic E-state index is 10.2. The van der Waals surface area contributed by atoms with Crippen LogP contribution in [-0.4, -0.2) is 8.92 Å². The zero-order chi connectivity index (χ0) is 21.1. The van der Waals surface area contributed by atoms with Gasteiger partial charge in [0.1, 0.15) is 5.75 Å². The van der Waals surface area contributed by atoms with Gasteiger partial charge in [-0.2, -0.15) is 6.08 Å². The van der Waals surface area contributed by atoms with Crippen molar-refractivity contribution >= 4 is 3.81 Å². The maximum Gasteiger partial charge on any atom is 0.124 e. The van der Waals surface area contributed by atoms with Gasteiger partial charge in [-0.1, -0.05) is 79.7 Å². The smallest absolute Gasteiger partial charge is 0.124 e. The molecular formula is C27H27Cl2OTi-. The molecule has 0 fully saturated rings. The third kappa shape index (κ3) is 10.3. The molecule has 3 aromatic rings. The molecule has 0 unspecified atom stereocenters. The first-order valence-corrected chi connectivity index (χ1v) is 10.5. The second-order valence-corrected chi connectivity index (χ2v) is 8.46. The zero-order valence-electron chi connectivity index (χ0n) is 18.1. The van der Waals surface area contributed by atoms with Crippen molar-refractivity contribution in [2.45, 2.75) is 27.2 Å². The van der Waals surface area contributed by atoms with Crippen molar-refractivity contribution in [3.05, 3.63) is 103 Å². The summed E-state index contributed by atoms with van der Waals surface area (Å²) in [6.45, 7) is 6.23. The number of phenols is 1. The van der Waals surface area contributed by atoms with Gasteiger partial charge in [0.05, 0.1) is 0 Å². The molecule has 0 saturated carbocycles. The van der Waals surface area contributed by atoms with Crippen molar-refractivity contribution in [1.29, 1.82) is 0 Å². The fourth-order valence-corrected chi connectivity index (χ4v) is 2.82. The van der Waals surface area contributed by atoms with Gasteiger partial charge in [0, 0.05) is 5.56 Å². The van der Waals surface area contributed by atoms with Crippen LogP contribution in [0.15, 0.2) is 96.6 Å². The van der Waals surface area contributed by atoms with Crippen molar-refractivity contribution in [3.63, 3.8) is 0 Å². The van der Waals surface area contributed by atoms with Gasteiger partial charge in [0.2, 0.25) is 0 Å². The Morgan fingerprint density at radius 3 is 1.74 bits per heavy atom. The minimum atomic E-state index is 0. The summed E-state index contributed by atoms with van der Waals surface area (Å²) >= 11 is 2.08. The predicted octanol–water partition coefficient (Wildman–Crippen LogP) is 1.18. The van der Waals surface area contributed by atoms with Crippen LogP contribution in [0.25, 0.3) is 22.3 Å². The largest absolute Gasteiger partial charge is 1.00 e. The molecule has 1 N–H and O–H groups in total. The van der Waals surface area contributed by atoms with Crippen LogP contribution in [0, 0.1) is 6.08 Å². The van der Waals surface area contributed by atoms with Crippen LogP contribution in [0.5, 0.6) is 5.75 Å². The molecule has 1 aliphatic rings. The average Bonchev–Trinajstić information content (AvgIpc) is 3.20. The van der Waals surface area contributed by atoms with Gasteiger partial charge in [0.25, 0.3) is 0 Å². The monoisotopic (exact) mass is 485 g/mol. The van der Waals surface area contributed by atoms with Crippen LogP contribution < -0.4 is 24.8 Å². The van der Waals surface area contributed by atoms with Crippen molar-refractivity contribution in [2.24, 2.45) is 0 Å². The minimum absolute atomic E-state index is 0. The molecule has 1 aliphatic carbocycles. The van der Waals surface area contributed by atoms with Gasteiger partial charge in [-0.3, -0.25) is 6.08 Å². The second kappa shape index (κ2) is 15.8. The normalized spacial score (nSPS) is 10.8. The van der Waals surface area contributed by atoms with Crippen LogP contribution in [0.2, 0.25) is 0 Å². The molecular weight excluding hydrogens is 459 g/mol. The fraction of sp³-hybridized carbons (Fsp3) is 0.148. The van der Waals surface area contributed by atoms with Gasteiger partial charge >= 0.3 is 37.6 Å². The van der Waals surface area contributed by atoms with Crippen molar-refractivity contribution < 1.29 is 49.9 Å². The maximum atomic E-state index is 10.2. The molecule has 31 heavy (non-hydrogen) atoms. The van der Waals surface area contributed by atoms with E-state index >= 15 is 0 Å². The van der Waals surface area contributed by atoms with E-state index in [2.05, 4.69) is 71.1 Å². The van der Waals surface area contributed by atoms with E-state index in [-0.39, 0.29) is 24.8 Å². The van der Waals surface area contributed by atoms with Crippen molar-refractivity contribution in [3.8, 4) is 28.0 Å². The van der Waals surface area contributed by atoms with Gasteiger partial charge in [-0.15, -0.1) is 6.42 Å². The molecule has 0 radical (unpaired) electrons. The molecule has 4 rings (SSSR count). The summed E-state index contributed by atoms with van der Waals surface area (Å²) in [7, 11) is 0. The van der Waals surface area contributed by atoms with Gasteiger partial charge in [-0.05, 0) is 22.8 Å². The Kier molecular flexibility index (Phi) is 14.9. The number of halogens is 2. The SMILES string of the molecule is CC1=[C-]CC=C1.C[C](C)=[Ti+2].Oc1cccc(-c2ccccc2)c1-c1ccccc1.[Cl-].[Cl-]. The zero-order valence-corrected chi connectivity index (χ0v) is 21.1. The molecule has 0 heterocycles. The minimum Gasteiger partial charge on any atom is -1.00 e. The van der Waals surface area contributed by atoms with E-state index < -0.39 is 0 Å². The third-order valence-electron chi connectivity index (χ3n) is 4.06. The molecule has 160 valence electrons. The Bertz CT molecular complexity index is 974. The summed E-state index contributed by atoms with van der Waals surface area (Å²) in [4.78, 5) is 0. The molecule has 0 spiro atoms. The molecule has 3 aromatic carbocycles. The molecule has 0 amide bonds. The van der Waals surface area contributed by atoms with Crippen LogP contribution >= 0.6 is 0 Å². The molecule has 0 atom stereocenters. The summed E-state index contributed by atoms with van der Waals surface area (Å²) in [5.74, 6) is 0.313. The molecule has 0 bridgehead atoms. The number of rotatable bonds is 2. The van der Waals surface area contributed by atoms with E-state index in [1.54, 1.807) is 6.07 Å². The first-order chi connectivity index (χ1) is 14.0. The topological polar surface area (TPSA) is 20.2 Å². The van der Waals surface area contributed by atoms with E-state index in [0.29, 0.717) is 5.75 Å². The van der Waals surface area contributed by atoms with Crippen molar-refractivity contribution in [2.75, 3.05) is 0 Å². The molecule has 0 aliphatic heterocycles. The summed E-state index contributed by atoms with van der Waals surface area (Å²) in [5.41, 5.74) is 5.34. The molecule has 1 nitrogen and oxygen atoms in total. The summed E-state index contributed by atoms with van der Waals surface area (Å²) in [6.07, 6.45) is 8.33. The van der Waals surface area contributed by atoms with Crippen LogP contribution in [-0.2, 0) is 20.0 Å². The number of aromatic hydroxyl groups is 1. The van der Waals surface area contributed by atoms with Gasteiger partial charge in [0.15, 0.2) is 0 Å². The van der Waals surface area contributed by atoms with Gasteiger partial charge in [-0.25, -0.2) is 11.6 Å². The standard InChI is InChI=1S/C18H14O.C6H7.C3H6.2ClH.Ti/c19-17-13-7-12-16(14-8-3-1-4-9-14)18(17)15-10-5-2-6-11-15;1-6-4-2-3-5-6;1-3-2;;;/h1-13,19H;2,4H,3H2,1H3;1-2H3;2*1H;/q;-1;;;;+2/p-2. The fourth-order valence-electron chi connectivity index (χ4n) is 2.82. The average molecular weight is 486 g/mol. The first-order valence-electron chi connectivity index (χ1n) is 9.67. The Morgan fingerprint density at radius 2 is 1.32 bits per heavy atom. The van der Waals surface area contributed by atoms with Crippen LogP contribution in [0.3, 0.4) is 0 Å². The number of hydrogen-bond acceptors (Lipinski definition) is 1. The summed E-state index contributed by atoms with van der Waals surface area (Å²) in [5, 5.41) is 10.2. The number of phenolic OH excluding ortho intramolecular Hbond substituents is 1. The number of allylic oxidation sites excluding steroid dienone is 4.